The zero-order valence-corrected chi connectivity index (χ0v) is 16.6. The van der Waals surface area contributed by atoms with Crippen LogP contribution in [0.2, 0.25) is 0 Å². The molecule has 1 aromatic rings. The average molecular weight is 398 g/mol. The largest absolute Gasteiger partial charge is 0.371 e. The maximum absolute atomic E-state index is 12.9. The molecule has 0 aromatic heterocycles. The molecule has 3 saturated heterocycles. The van der Waals surface area contributed by atoms with Gasteiger partial charge in [-0.05, 0) is 37.1 Å². The summed E-state index contributed by atoms with van der Waals surface area (Å²) < 4.78 is 6.04. The highest BCUT2D eigenvalue weighted by molar-refractivity contribution is 6.05. The molecule has 4 heterocycles. The van der Waals surface area contributed by atoms with Gasteiger partial charge in [-0.3, -0.25) is 24.6 Å². The van der Waals surface area contributed by atoms with Gasteiger partial charge in [-0.2, -0.15) is 0 Å². The number of fused-ring (bicyclic) bond motifs is 1. The zero-order chi connectivity index (χ0) is 20.2. The Kier molecular flexibility index (Phi) is 4.45. The van der Waals surface area contributed by atoms with Crippen molar-refractivity contribution >= 4 is 17.7 Å². The van der Waals surface area contributed by atoms with E-state index in [0.717, 1.165) is 43.8 Å². The minimum absolute atomic E-state index is 0.0276. The van der Waals surface area contributed by atoms with Crippen molar-refractivity contribution in [3.8, 4) is 0 Å². The van der Waals surface area contributed by atoms with Gasteiger partial charge in [0.05, 0.1) is 12.2 Å². The van der Waals surface area contributed by atoms with E-state index in [2.05, 4.69) is 21.6 Å². The number of likely N-dealkylation sites (tertiary alicyclic amines) is 1. The lowest BCUT2D eigenvalue weighted by Gasteiger charge is -2.47. The molecule has 0 bridgehead atoms. The van der Waals surface area contributed by atoms with Crippen molar-refractivity contribution in [2.75, 3.05) is 26.7 Å². The van der Waals surface area contributed by atoms with Crippen LogP contribution in [0.25, 0.3) is 0 Å². The van der Waals surface area contributed by atoms with E-state index in [-0.39, 0.29) is 29.7 Å². The maximum atomic E-state index is 12.9. The van der Waals surface area contributed by atoms with Crippen molar-refractivity contribution in [1.29, 1.82) is 0 Å². The number of carbonyl (C=O) groups excluding carboxylic acids is 3. The predicted molar refractivity (Wildman–Crippen MR) is 104 cm³/mol. The first kappa shape index (κ1) is 18.7. The topological polar surface area (TPSA) is 91.0 Å². The number of hydrogen-bond donors (Lipinski definition) is 2. The number of imide groups is 1. The summed E-state index contributed by atoms with van der Waals surface area (Å²) in [5.41, 5.74) is 2.78. The number of piperidine rings is 1. The van der Waals surface area contributed by atoms with E-state index < -0.39 is 6.04 Å². The van der Waals surface area contributed by atoms with Crippen LogP contribution in [-0.2, 0) is 27.4 Å². The van der Waals surface area contributed by atoms with Gasteiger partial charge in [-0.1, -0.05) is 12.1 Å². The fourth-order valence-corrected chi connectivity index (χ4v) is 5.17. The van der Waals surface area contributed by atoms with Gasteiger partial charge in [-0.15, -0.1) is 0 Å². The quantitative estimate of drug-likeness (QED) is 0.695. The Labute approximate surface area is 169 Å². The van der Waals surface area contributed by atoms with Gasteiger partial charge in [0.1, 0.15) is 6.04 Å². The van der Waals surface area contributed by atoms with Gasteiger partial charge >= 0.3 is 0 Å². The SMILES string of the molecule is CNC1COC2(C1)CN(Cc1cccc3c1CN(C1CCC(=O)NC1=O)C3=O)C2. The number of ether oxygens (including phenoxy) is 1. The Morgan fingerprint density at radius 2 is 2.10 bits per heavy atom. The summed E-state index contributed by atoms with van der Waals surface area (Å²) in [5, 5.41) is 5.65. The zero-order valence-electron chi connectivity index (χ0n) is 16.6. The minimum Gasteiger partial charge on any atom is -0.371 e. The van der Waals surface area contributed by atoms with E-state index in [1.165, 1.54) is 0 Å². The third-order valence-electron chi connectivity index (χ3n) is 6.71. The first-order chi connectivity index (χ1) is 14.0. The van der Waals surface area contributed by atoms with Crippen LogP contribution in [0.3, 0.4) is 0 Å². The lowest BCUT2D eigenvalue weighted by atomic mass is 9.88. The highest BCUT2D eigenvalue weighted by Crippen LogP contribution is 2.37. The van der Waals surface area contributed by atoms with Crippen molar-refractivity contribution in [1.82, 2.24) is 20.4 Å². The lowest BCUT2D eigenvalue weighted by molar-refractivity contribution is -0.136. The second-order valence-electron chi connectivity index (χ2n) is 8.67. The van der Waals surface area contributed by atoms with Gasteiger partial charge in [-0.25, -0.2) is 0 Å². The molecule has 2 N–H and O–H groups in total. The molecule has 29 heavy (non-hydrogen) atoms. The molecule has 3 amide bonds. The Hall–Kier alpha value is -2.29. The first-order valence-corrected chi connectivity index (χ1v) is 10.3. The fraction of sp³-hybridized carbons (Fsp3) is 0.571. The number of nitrogens with zero attached hydrogens (tertiary/aromatic N) is 2. The Balaban J connectivity index is 1.28. The second kappa shape index (κ2) is 6.90. The molecule has 3 fully saturated rings. The highest BCUT2D eigenvalue weighted by atomic mass is 16.5. The fourth-order valence-electron chi connectivity index (χ4n) is 5.17. The molecule has 8 heteroatoms. The van der Waals surface area contributed by atoms with Crippen molar-refractivity contribution in [3.05, 3.63) is 34.9 Å². The van der Waals surface area contributed by atoms with E-state index >= 15 is 0 Å². The molecule has 0 aliphatic carbocycles. The molecule has 2 unspecified atom stereocenters. The summed E-state index contributed by atoms with van der Waals surface area (Å²) in [4.78, 5) is 40.6. The number of likely N-dealkylation sites (N-methyl/N-ethyl adjacent to an activating group) is 1. The van der Waals surface area contributed by atoms with Crippen LogP contribution in [0.15, 0.2) is 18.2 Å². The summed E-state index contributed by atoms with van der Waals surface area (Å²) in [6, 6.07) is 5.67. The summed E-state index contributed by atoms with van der Waals surface area (Å²) in [6.07, 6.45) is 1.69. The molecule has 0 radical (unpaired) electrons. The molecule has 4 aliphatic heterocycles. The molecule has 4 aliphatic rings. The molecule has 0 saturated carbocycles. The molecule has 8 nitrogen and oxygen atoms in total. The van der Waals surface area contributed by atoms with Crippen LogP contribution in [0.5, 0.6) is 0 Å². The Bertz CT molecular complexity index is 879. The number of nitrogens with one attached hydrogen (secondary N) is 2. The molecule has 2 atom stereocenters. The monoisotopic (exact) mass is 398 g/mol. The minimum atomic E-state index is -0.571. The second-order valence-corrected chi connectivity index (χ2v) is 8.67. The van der Waals surface area contributed by atoms with Crippen molar-refractivity contribution in [3.63, 3.8) is 0 Å². The third kappa shape index (κ3) is 3.15. The smallest absolute Gasteiger partial charge is 0.255 e. The molecule has 1 spiro atoms. The van der Waals surface area contributed by atoms with E-state index in [1.54, 1.807) is 4.90 Å². The normalized spacial score (nSPS) is 28.6. The number of carbonyl (C=O) groups is 3. The number of amides is 3. The number of hydrogen-bond acceptors (Lipinski definition) is 6. The Morgan fingerprint density at radius 1 is 1.28 bits per heavy atom. The van der Waals surface area contributed by atoms with Crippen molar-refractivity contribution < 1.29 is 19.1 Å². The van der Waals surface area contributed by atoms with Crippen LogP contribution >= 0.6 is 0 Å². The van der Waals surface area contributed by atoms with E-state index in [9.17, 15) is 14.4 Å². The summed E-state index contributed by atoms with van der Waals surface area (Å²) >= 11 is 0. The molecular weight excluding hydrogens is 372 g/mol. The molecular formula is C21H26N4O4. The van der Waals surface area contributed by atoms with Crippen LogP contribution < -0.4 is 10.6 Å². The van der Waals surface area contributed by atoms with Crippen molar-refractivity contribution in [2.24, 2.45) is 0 Å². The Morgan fingerprint density at radius 3 is 2.83 bits per heavy atom. The third-order valence-corrected chi connectivity index (χ3v) is 6.71. The van der Waals surface area contributed by atoms with Gasteiger partial charge in [0.2, 0.25) is 11.8 Å². The average Bonchev–Trinajstić information content (AvgIpc) is 3.25. The predicted octanol–water partition coefficient (Wildman–Crippen LogP) is 0.0103. The van der Waals surface area contributed by atoms with Crippen molar-refractivity contribution in [2.45, 2.75) is 50.0 Å². The number of rotatable bonds is 4. The number of benzene rings is 1. The highest BCUT2D eigenvalue weighted by Gasteiger charge is 2.49. The lowest BCUT2D eigenvalue weighted by Crippen LogP contribution is -2.61. The van der Waals surface area contributed by atoms with Gasteiger partial charge < -0.3 is 15.0 Å². The van der Waals surface area contributed by atoms with Crippen LogP contribution in [-0.4, -0.2) is 72.0 Å². The van der Waals surface area contributed by atoms with Crippen LogP contribution in [0.1, 0.15) is 40.7 Å². The van der Waals surface area contributed by atoms with Gasteiger partial charge in [0, 0.05) is 44.2 Å². The summed E-state index contributed by atoms with van der Waals surface area (Å²) in [6.45, 7) is 3.77. The standard InChI is InChI=1S/C21H26N4O4/c1-22-14-7-21(29-10-14)11-24(12-21)8-13-3-2-4-15-16(13)9-25(20(15)28)17-5-6-18(26)23-19(17)27/h2-4,14,17,22H,5-12H2,1H3,(H,23,26,27). The molecule has 154 valence electrons. The summed E-state index contributed by atoms with van der Waals surface area (Å²) in [7, 11) is 1.97. The van der Waals surface area contributed by atoms with E-state index in [4.69, 9.17) is 4.74 Å². The van der Waals surface area contributed by atoms with Gasteiger partial charge in [0.25, 0.3) is 5.91 Å². The van der Waals surface area contributed by atoms with E-state index in [1.807, 2.05) is 19.2 Å². The molecule has 5 rings (SSSR count). The molecule has 1 aromatic carbocycles. The maximum Gasteiger partial charge on any atom is 0.255 e. The summed E-state index contributed by atoms with van der Waals surface area (Å²) in [5.74, 6) is -0.754. The van der Waals surface area contributed by atoms with Crippen LogP contribution in [0, 0.1) is 0 Å². The van der Waals surface area contributed by atoms with Gasteiger partial charge in [0.15, 0.2) is 0 Å². The van der Waals surface area contributed by atoms with E-state index in [0.29, 0.717) is 24.6 Å². The van der Waals surface area contributed by atoms with Crippen LogP contribution in [0.4, 0.5) is 0 Å². The first-order valence-electron chi connectivity index (χ1n) is 10.3.